The van der Waals surface area contributed by atoms with E-state index in [4.69, 9.17) is 4.74 Å². The molecule has 2 aromatic carbocycles. The lowest BCUT2D eigenvalue weighted by Crippen LogP contribution is -2.37. The molecule has 0 fully saturated rings. The van der Waals surface area contributed by atoms with Crippen LogP contribution >= 0.6 is 0 Å². The van der Waals surface area contributed by atoms with E-state index >= 15 is 0 Å². The molecule has 1 aliphatic rings. The molecule has 1 aliphatic heterocycles. The van der Waals surface area contributed by atoms with Gasteiger partial charge >= 0.3 is 0 Å². The van der Waals surface area contributed by atoms with Gasteiger partial charge in [0.2, 0.25) is 5.91 Å². The summed E-state index contributed by atoms with van der Waals surface area (Å²) in [4.78, 5) is 26.6. The molecule has 0 saturated carbocycles. The van der Waals surface area contributed by atoms with Gasteiger partial charge in [-0.05, 0) is 54.3 Å². The second kappa shape index (κ2) is 7.60. The summed E-state index contributed by atoms with van der Waals surface area (Å²) in [6, 6.07) is 12.8. The van der Waals surface area contributed by atoms with E-state index in [0.717, 1.165) is 16.9 Å². The highest BCUT2D eigenvalue weighted by atomic mass is 16.5. The van der Waals surface area contributed by atoms with Gasteiger partial charge in [-0.3, -0.25) is 9.59 Å². The molecular formula is C21H24N2O3. The van der Waals surface area contributed by atoms with Crippen LogP contribution in [0.25, 0.3) is 0 Å². The van der Waals surface area contributed by atoms with Gasteiger partial charge in [-0.2, -0.15) is 0 Å². The summed E-state index contributed by atoms with van der Waals surface area (Å²) in [7, 11) is 1.57. The fraction of sp³-hybridized carbons (Fsp3) is 0.333. The Bertz CT molecular complexity index is 830. The summed E-state index contributed by atoms with van der Waals surface area (Å²) in [6.07, 6.45) is 1.21. The minimum atomic E-state index is -0.185. The minimum absolute atomic E-state index is 0.166. The van der Waals surface area contributed by atoms with Crippen molar-refractivity contribution >= 4 is 23.2 Å². The predicted molar refractivity (Wildman–Crippen MR) is 103 cm³/mol. The highest BCUT2D eigenvalue weighted by molar-refractivity contribution is 6.05. The maximum Gasteiger partial charge on any atom is 0.255 e. The van der Waals surface area contributed by atoms with Crippen LogP contribution in [0.5, 0.6) is 5.75 Å². The molecule has 3 rings (SSSR count). The number of rotatable bonds is 5. The lowest BCUT2D eigenvalue weighted by atomic mass is 9.99. The number of carbonyl (C=O) groups is 2. The molecule has 0 radical (unpaired) electrons. The Balaban J connectivity index is 1.80. The van der Waals surface area contributed by atoms with Gasteiger partial charge in [-0.25, -0.2) is 0 Å². The first-order valence-electron chi connectivity index (χ1n) is 8.86. The number of aryl methyl sites for hydroxylation is 1. The highest BCUT2D eigenvalue weighted by Crippen LogP contribution is 2.31. The largest absolute Gasteiger partial charge is 0.497 e. The van der Waals surface area contributed by atoms with Crippen molar-refractivity contribution in [3.8, 4) is 5.75 Å². The number of hydrogen-bond donors (Lipinski definition) is 1. The molecule has 0 bridgehead atoms. The summed E-state index contributed by atoms with van der Waals surface area (Å²) < 4.78 is 5.17. The number of ether oxygens (including phenoxy) is 1. The summed E-state index contributed by atoms with van der Waals surface area (Å²) in [5, 5.41) is 2.93. The van der Waals surface area contributed by atoms with Crippen LogP contribution in [-0.2, 0) is 11.2 Å². The van der Waals surface area contributed by atoms with Crippen LogP contribution in [0.2, 0.25) is 0 Å². The molecular weight excluding hydrogens is 328 g/mol. The van der Waals surface area contributed by atoms with E-state index in [1.165, 1.54) is 0 Å². The van der Waals surface area contributed by atoms with Crippen molar-refractivity contribution in [2.24, 2.45) is 5.92 Å². The molecule has 0 atom stereocenters. The summed E-state index contributed by atoms with van der Waals surface area (Å²) >= 11 is 0. The summed E-state index contributed by atoms with van der Waals surface area (Å²) in [5.41, 5.74) is 3.32. The van der Waals surface area contributed by atoms with E-state index in [2.05, 4.69) is 19.2 Å². The van der Waals surface area contributed by atoms with Gasteiger partial charge < -0.3 is 15.0 Å². The number of fused-ring (bicyclic) bond motifs is 1. The lowest BCUT2D eigenvalue weighted by Gasteiger charge is -2.31. The monoisotopic (exact) mass is 352 g/mol. The molecule has 5 heteroatoms. The zero-order valence-electron chi connectivity index (χ0n) is 15.4. The van der Waals surface area contributed by atoms with E-state index in [1.807, 2.05) is 23.1 Å². The van der Waals surface area contributed by atoms with Crippen LogP contribution in [-0.4, -0.2) is 25.5 Å². The van der Waals surface area contributed by atoms with Crippen LogP contribution in [0.15, 0.2) is 42.5 Å². The number of methoxy groups -OCH3 is 1. The average Bonchev–Trinajstić information content (AvgIpc) is 2.64. The number of nitrogens with one attached hydrogen (secondary N) is 1. The van der Waals surface area contributed by atoms with Crippen LogP contribution in [0.1, 0.15) is 36.2 Å². The maximum absolute atomic E-state index is 12.5. The van der Waals surface area contributed by atoms with Crippen molar-refractivity contribution in [1.29, 1.82) is 0 Å². The SMILES string of the molecule is COc1cccc(C(=O)Nc2ccc3c(c2)CCC(=O)N3CC(C)C)c1. The van der Waals surface area contributed by atoms with E-state index < -0.39 is 0 Å². The zero-order chi connectivity index (χ0) is 18.7. The first kappa shape index (κ1) is 18.0. The number of amides is 2. The van der Waals surface area contributed by atoms with Gasteiger partial charge in [0.15, 0.2) is 0 Å². The third kappa shape index (κ3) is 3.87. The molecule has 26 heavy (non-hydrogen) atoms. The van der Waals surface area contributed by atoms with Gasteiger partial charge in [0.1, 0.15) is 5.75 Å². The normalized spacial score (nSPS) is 13.5. The van der Waals surface area contributed by atoms with Gasteiger partial charge in [0, 0.05) is 29.9 Å². The second-order valence-corrected chi connectivity index (χ2v) is 6.93. The first-order chi connectivity index (χ1) is 12.5. The van der Waals surface area contributed by atoms with Gasteiger partial charge in [-0.1, -0.05) is 19.9 Å². The molecule has 0 saturated heterocycles. The van der Waals surface area contributed by atoms with Gasteiger partial charge in [-0.15, -0.1) is 0 Å². The third-order valence-electron chi connectivity index (χ3n) is 4.42. The Morgan fingerprint density at radius 3 is 2.73 bits per heavy atom. The van der Waals surface area contributed by atoms with E-state index in [-0.39, 0.29) is 11.8 Å². The fourth-order valence-corrected chi connectivity index (χ4v) is 3.17. The topological polar surface area (TPSA) is 58.6 Å². The van der Waals surface area contributed by atoms with E-state index in [1.54, 1.807) is 31.4 Å². The highest BCUT2D eigenvalue weighted by Gasteiger charge is 2.25. The Hall–Kier alpha value is -2.82. The Labute approximate surface area is 154 Å². The van der Waals surface area contributed by atoms with Crippen molar-refractivity contribution < 1.29 is 14.3 Å². The van der Waals surface area contributed by atoms with Crippen molar-refractivity contribution in [2.45, 2.75) is 26.7 Å². The molecule has 0 spiro atoms. The molecule has 136 valence electrons. The van der Waals surface area contributed by atoms with Crippen LogP contribution in [0, 0.1) is 5.92 Å². The average molecular weight is 352 g/mol. The van der Waals surface area contributed by atoms with Crippen LogP contribution in [0.3, 0.4) is 0 Å². The quantitative estimate of drug-likeness (QED) is 0.888. The molecule has 0 aliphatic carbocycles. The van der Waals surface area contributed by atoms with Crippen molar-refractivity contribution in [3.63, 3.8) is 0 Å². The predicted octanol–water partition coefficient (Wildman–Crippen LogP) is 3.88. The van der Waals surface area contributed by atoms with Crippen LogP contribution < -0.4 is 15.0 Å². The van der Waals surface area contributed by atoms with Gasteiger partial charge in [0.05, 0.1) is 7.11 Å². The van der Waals surface area contributed by atoms with Crippen LogP contribution in [0.4, 0.5) is 11.4 Å². The molecule has 0 aromatic heterocycles. The second-order valence-electron chi connectivity index (χ2n) is 6.93. The zero-order valence-corrected chi connectivity index (χ0v) is 15.4. The van der Waals surface area contributed by atoms with Crippen molar-refractivity contribution in [3.05, 3.63) is 53.6 Å². The van der Waals surface area contributed by atoms with Gasteiger partial charge in [0.25, 0.3) is 5.91 Å². The third-order valence-corrected chi connectivity index (χ3v) is 4.42. The lowest BCUT2D eigenvalue weighted by molar-refractivity contribution is -0.119. The smallest absolute Gasteiger partial charge is 0.255 e. The molecule has 2 amide bonds. The minimum Gasteiger partial charge on any atom is -0.497 e. The number of hydrogen-bond acceptors (Lipinski definition) is 3. The molecule has 1 N–H and O–H groups in total. The maximum atomic E-state index is 12.5. The number of anilines is 2. The number of benzene rings is 2. The number of carbonyl (C=O) groups excluding carboxylic acids is 2. The van der Waals surface area contributed by atoms with Crippen molar-refractivity contribution in [2.75, 3.05) is 23.9 Å². The molecule has 1 heterocycles. The number of nitrogens with zero attached hydrogens (tertiary/aromatic N) is 1. The Morgan fingerprint density at radius 2 is 2.00 bits per heavy atom. The summed E-state index contributed by atoms with van der Waals surface area (Å²) in [6.45, 7) is 4.91. The van der Waals surface area contributed by atoms with E-state index in [9.17, 15) is 9.59 Å². The molecule has 5 nitrogen and oxygen atoms in total. The Kier molecular flexibility index (Phi) is 5.26. The fourth-order valence-electron chi connectivity index (χ4n) is 3.17. The standard InChI is InChI=1S/C21H24N2O3/c1-14(2)13-23-19-9-8-17(11-15(19)7-10-20(23)24)22-21(25)16-5-4-6-18(12-16)26-3/h4-6,8-9,11-12,14H,7,10,13H2,1-3H3,(H,22,25). The molecule has 0 unspecified atom stereocenters. The first-order valence-corrected chi connectivity index (χ1v) is 8.86. The van der Waals surface area contributed by atoms with Crippen molar-refractivity contribution in [1.82, 2.24) is 0 Å². The van der Waals surface area contributed by atoms with E-state index in [0.29, 0.717) is 36.6 Å². The Morgan fingerprint density at radius 1 is 1.19 bits per heavy atom. The summed E-state index contributed by atoms with van der Waals surface area (Å²) in [5.74, 6) is 1.03. The molecule has 2 aromatic rings.